The van der Waals surface area contributed by atoms with E-state index in [0.29, 0.717) is 30.2 Å². The number of carbonyl (C=O) groups excluding carboxylic acids is 2. The number of aliphatic hydroxyl groups excluding tert-OH is 1. The Kier molecular flexibility index (Phi) is 7.65. The van der Waals surface area contributed by atoms with Crippen molar-refractivity contribution >= 4 is 29.1 Å². The summed E-state index contributed by atoms with van der Waals surface area (Å²) in [6, 6.07) is 13.8. The van der Waals surface area contributed by atoms with Gasteiger partial charge < -0.3 is 14.7 Å². The van der Waals surface area contributed by atoms with Crippen LogP contribution in [0.3, 0.4) is 0 Å². The van der Waals surface area contributed by atoms with Gasteiger partial charge in [0.05, 0.1) is 17.7 Å². The van der Waals surface area contributed by atoms with Gasteiger partial charge in [-0.05, 0) is 48.9 Å². The molecule has 5 nitrogen and oxygen atoms in total. The minimum absolute atomic E-state index is 0.0324. The number of nitrogens with zero attached hydrogens (tertiary/aromatic N) is 1. The summed E-state index contributed by atoms with van der Waals surface area (Å²) in [6.45, 7) is 11.1. The standard InChI is InChI=1S/C27H32ClNO4/c1-17(2)33-15-7-14-29-23(18-10-12-20(13-11-18)27(3,4)5)22(25(31)26(29)32)24(30)19-8-6-9-21(28)16-19/h6,8-13,16-17,23,30H,7,14-15H2,1-5H3/b24-22-. The monoisotopic (exact) mass is 469 g/mol. The first-order valence-corrected chi connectivity index (χ1v) is 11.6. The fourth-order valence-electron chi connectivity index (χ4n) is 3.97. The molecule has 1 aliphatic rings. The van der Waals surface area contributed by atoms with Crippen molar-refractivity contribution < 1.29 is 19.4 Å². The molecular weight excluding hydrogens is 438 g/mol. The van der Waals surface area contributed by atoms with Gasteiger partial charge in [-0.15, -0.1) is 0 Å². The second-order valence-electron chi connectivity index (χ2n) is 9.65. The Hall–Kier alpha value is -2.63. The Bertz CT molecular complexity index is 1050. The van der Waals surface area contributed by atoms with Gasteiger partial charge in [-0.25, -0.2) is 0 Å². The fourth-order valence-corrected chi connectivity index (χ4v) is 4.16. The average molecular weight is 470 g/mol. The molecule has 1 N–H and O–H groups in total. The van der Waals surface area contributed by atoms with Crippen LogP contribution >= 0.6 is 11.6 Å². The number of ether oxygens (including phenoxy) is 1. The molecule has 2 aromatic rings. The van der Waals surface area contributed by atoms with E-state index in [1.807, 2.05) is 38.1 Å². The first-order valence-electron chi connectivity index (χ1n) is 11.3. The molecule has 33 heavy (non-hydrogen) atoms. The highest BCUT2D eigenvalue weighted by molar-refractivity contribution is 6.46. The summed E-state index contributed by atoms with van der Waals surface area (Å²) >= 11 is 6.10. The number of rotatable bonds is 7. The van der Waals surface area contributed by atoms with Crippen LogP contribution in [-0.2, 0) is 19.7 Å². The van der Waals surface area contributed by atoms with E-state index in [1.165, 1.54) is 4.90 Å². The summed E-state index contributed by atoms with van der Waals surface area (Å²) < 4.78 is 5.62. The summed E-state index contributed by atoms with van der Waals surface area (Å²) in [7, 11) is 0. The van der Waals surface area contributed by atoms with Gasteiger partial charge in [0.25, 0.3) is 11.7 Å². The number of ketones is 1. The number of benzene rings is 2. The summed E-state index contributed by atoms with van der Waals surface area (Å²) in [5.41, 5.74) is 2.37. The first-order chi connectivity index (χ1) is 15.5. The van der Waals surface area contributed by atoms with Crippen molar-refractivity contribution in [2.75, 3.05) is 13.2 Å². The topological polar surface area (TPSA) is 66.8 Å². The summed E-state index contributed by atoms with van der Waals surface area (Å²) in [4.78, 5) is 27.6. The fraction of sp³-hybridized carbons (Fsp3) is 0.407. The van der Waals surface area contributed by atoms with E-state index in [-0.39, 0.29) is 22.9 Å². The number of hydrogen-bond acceptors (Lipinski definition) is 4. The Balaban J connectivity index is 2.05. The van der Waals surface area contributed by atoms with Gasteiger partial charge in [-0.2, -0.15) is 0 Å². The van der Waals surface area contributed by atoms with Gasteiger partial charge in [0.15, 0.2) is 0 Å². The van der Waals surface area contributed by atoms with E-state index >= 15 is 0 Å². The zero-order valence-corrected chi connectivity index (χ0v) is 20.6. The highest BCUT2D eigenvalue weighted by Gasteiger charge is 2.45. The van der Waals surface area contributed by atoms with Crippen molar-refractivity contribution in [3.05, 3.63) is 75.8 Å². The highest BCUT2D eigenvalue weighted by atomic mass is 35.5. The summed E-state index contributed by atoms with van der Waals surface area (Å²) in [6.07, 6.45) is 0.669. The second kappa shape index (κ2) is 10.1. The van der Waals surface area contributed by atoms with E-state index in [0.717, 1.165) is 11.1 Å². The van der Waals surface area contributed by atoms with Crippen molar-refractivity contribution in [1.29, 1.82) is 0 Å². The van der Waals surface area contributed by atoms with Crippen molar-refractivity contribution in [2.24, 2.45) is 0 Å². The Morgan fingerprint density at radius 2 is 1.79 bits per heavy atom. The third-order valence-corrected chi connectivity index (χ3v) is 5.96. The largest absolute Gasteiger partial charge is 0.507 e. The molecule has 0 radical (unpaired) electrons. The zero-order chi connectivity index (χ0) is 24.3. The van der Waals surface area contributed by atoms with Crippen LogP contribution in [0, 0.1) is 0 Å². The second-order valence-corrected chi connectivity index (χ2v) is 10.1. The number of halogens is 1. The molecule has 6 heteroatoms. The van der Waals surface area contributed by atoms with E-state index in [1.54, 1.807) is 24.3 Å². The summed E-state index contributed by atoms with van der Waals surface area (Å²) in [5.74, 6) is -1.53. The molecule has 1 heterocycles. The van der Waals surface area contributed by atoms with Crippen LogP contribution in [0.15, 0.2) is 54.1 Å². The van der Waals surface area contributed by atoms with Crippen LogP contribution in [0.25, 0.3) is 5.76 Å². The molecule has 3 rings (SSSR count). The smallest absolute Gasteiger partial charge is 0.295 e. The SMILES string of the molecule is CC(C)OCCCN1C(=O)C(=O)/C(=C(\O)c2cccc(Cl)c2)C1c1ccc(C(C)(C)C)cc1. The molecule has 1 fully saturated rings. The zero-order valence-electron chi connectivity index (χ0n) is 19.9. The van der Waals surface area contributed by atoms with Gasteiger partial charge in [0.2, 0.25) is 0 Å². The van der Waals surface area contributed by atoms with E-state index in [9.17, 15) is 14.7 Å². The molecule has 0 bridgehead atoms. The lowest BCUT2D eigenvalue weighted by atomic mass is 9.85. The molecule has 1 unspecified atom stereocenters. The minimum Gasteiger partial charge on any atom is -0.507 e. The number of amides is 1. The molecule has 1 amide bonds. The average Bonchev–Trinajstić information content (AvgIpc) is 3.00. The first kappa shape index (κ1) is 25.0. The van der Waals surface area contributed by atoms with E-state index in [2.05, 4.69) is 20.8 Å². The number of aliphatic hydroxyl groups is 1. The predicted molar refractivity (Wildman–Crippen MR) is 131 cm³/mol. The van der Waals surface area contributed by atoms with Crippen molar-refractivity contribution in [2.45, 2.75) is 58.6 Å². The van der Waals surface area contributed by atoms with Crippen LogP contribution < -0.4 is 0 Å². The van der Waals surface area contributed by atoms with Gasteiger partial charge >= 0.3 is 0 Å². The summed E-state index contributed by atoms with van der Waals surface area (Å²) in [5, 5.41) is 11.5. The lowest BCUT2D eigenvalue weighted by Gasteiger charge is -2.26. The number of Topliss-reactive ketones (excluding diaryl/α,β-unsaturated/α-hetero) is 1. The van der Waals surface area contributed by atoms with Gasteiger partial charge in [0, 0.05) is 23.7 Å². The molecular formula is C27H32ClNO4. The van der Waals surface area contributed by atoms with Crippen LogP contribution in [0.1, 0.15) is 63.8 Å². The van der Waals surface area contributed by atoms with Crippen molar-refractivity contribution in [3.63, 3.8) is 0 Å². The van der Waals surface area contributed by atoms with Crippen LogP contribution in [0.2, 0.25) is 5.02 Å². The lowest BCUT2D eigenvalue weighted by Crippen LogP contribution is -2.31. The molecule has 1 saturated heterocycles. The maximum atomic E-state index is 13.1. The molecule has 0 saturated carbocycles. The molecule has 0 aliphatic carbocycles. The van der Waals surface area contributed by atoms with Crippen LogP contribution in [0.4, 0.5) is 0 Å². The van der Waals surface area contributed by atoms with Gasteiger partial charge in [-0.3, -0.25) is 9.59 Å². The maximum Gasteiger partial charge on any atom is 0.295 e. The Labute approximate surface area is 201 Å². The maximum absolute atomic E-state index is 13.1. The molecule has 1 aliphatic heterocycles. The molecule has 1 atom stereocenters. The predicted octanol–water partition coefficient (Wildman–Crippen LogP) is 5.87. The third kappa shape index (κ3) is 5.66. The van der Waals surface area contributed by atoms with Crippen molar-refractivity contribution in [1.82, 2.24) is 4.90 Å². The highest BCUT2D eigenvalue weighted by Crippen LogP contribution is 2.40. The molecule has 0 aromatic heterocycles. The van der Waals surface area contributed by atoms with Crippen molar-refractivity contribution in [3.8, 4) is 0 Å². The normalized spacial score (nSPS) is 18.4. The Morgan fingerprint density at radius 3 is 2.36 bits per heavy atom. The Morgan fingerprint density at radius 1 is 1.12 bits per heavy atom. The minimum atomic E-state index is -0.692. The van der Waals surface area contributed by atoms with Crippen LogP contribution in [-0.4, -0.2) is 41.0 Å². The van der Waals surface area contributed by atoms with Gasteiger partial charge in [0.1, 0.15) is 5.76 Å². The third-order valence-electron chi connectivity index (χ3n) is 5.73. The van der Waals surface area contributed by atoms with E-state index in [4.69, 9.17) is 16.3 Å². The van der Waals surface area contributed by atoms with E-state index < -0.39 is 17.7 Å². The van der Waals surface area contributed by atoms with Crippen LogP contribution in [0.5, 0.6) is 0 Å². The number of carbonyl (C=O) groups is 2. The molecule has 0 spiro atoms. The lowest BCUT2D eigenvalue weighted by molar-refractivity contribution is -0.140. The molecule has 176 valence electrons. The number of hydrogen-bond donors (Lipinski definition) is 1. The quantitative estimate of drug-likeness (QED) is 0.238. The van der Waals surface area contributed by atoms with Gasteiger partial charge in [-0.1, -0.05) is 68.8 Å². The molecule has 2 aromatic carbocycles. The number of likely N-dealkylation sites (tertiary alicyclic amines) is 1.